The number of amides is 2. The van der Waals surface area contributed by atoms with Gasteiger partial charge in [0, 0.05) is 30.9 Å². The van der Waals surface area contributed by atoms with Gasteiger partial charge >= 0.3 is 0 Å². The number of carbonyl (C=O) groups is 2. The van der Waals surface area contributed by atoms with Crippen molar-refractivity contribution in [2.45, 2.75) is 0 Å². The van der Waals surface area contributed by atoms with Crippen LogP contribution in [0, 0.1) is 10.1 Å². The van der Waals surface area contributed by atoms with Crippen molar-refractivity contribution in [2.24, 2.45) is 5.16 Å². The Bertz CT molecular complexity index is 660. The Morgan fingerprint density at radius 2 is 1.84 bits per heavy atom. The summed E-state index contributed by atoms with van der Waals surface area (Å²) in [5.41, 5.74) is 0.276. The maximum Gasteiger partial charge on any atom is 0.270 e. The molecule has 0 aliphatic rings. The van der Waals surface area contributed by atoms with E-state index in [0.717, 1.165) is 6.21 Å². The summed E-state index contributed by atoms with van der Waals surface area (Å²) in [5, 5.41) is 16.4. The molecule has 1 rings (SSSR count). The number of nitrogens with one attached hydrogen (secondary N) is 1. The highest BCUT2D eigenvalue weighted by Gasteiger charge is 2.11. The van der Waals surface area contributed by atoms with E-state index in [9.17, 15) is 19.7 Å². The van der Waals surface area contributed by atoms with Gasteiger partial charge in [0.15, 0.2) is 6.61 Å². The van der Waals surface area contributed by atoms with Gasteiger partial charge in [-0.25, -0.2) is 0 Å². The van der Waals surface area contributed by atoms with Crippen LogP contribution in [0.15, 0.2) is 54.7 Å². The van der Waals surface area contributed by atoms with E-state index >= 15 is 0 Å². The molecule has 0 saturated carbocycles. The minimum Gasteiger partial charge on any atom is -0.386 e. The van der Waals surface area contributed by atoms with Crippen LogP contribution in [0.5, 0.6) is 0 Å². The molecule has 9 heteroatoms. The zero-order valence-corrected chi connectivity index (χ0v) is 13.5. The maximum absolute atomic E-state index is 11.8. The van der Waals surface area contributed by atoms with Crippen LogP contribution >= 0.6 is 0 Å². The van der Waals surface area contributed by atoms with Crippen LogP contribution in [0.1, 0.15) is 0 Å². The molecular formula is C16H18N4O5. The van der Waals surface area contributed by atoms with Crippen molar-refractivity contribution >= 4 is 29.4 Å². The number of carbonyl (C=O) groups excluding carboxylic acids is 2. The Hall–Kier alpha value is -3.49. The topological polar surface area (TPSA) is 114 Å². The van der Waals surface area contributed by atoms with Crippen LogP contribution in [0.3, 0.4) is 0 Å². The van der Waals surface area contributed by atoms with Crippen LogP contribution in [0.4, 0.5) is 11.4 Å². The highest BCUT2D eigenvalue weighted by atomic mass is 16.6. The third-order valence-corrected chi connectivity index (χ3v) is 2.83. The molecule has 0 fully saturated rings. The van der Waals surface area contributed by atoms with Crippen molar-refractivity contribution in [1.29, 1.82) is 0 Å². The second-order valence-electron chi connectivity index (χ2n) is 4.68. The number of nitro groups is 1. The van der Waals surface area contributed by atoms with Crippen molar-refractivity contribution in [2.75, 3.05) is 25.0 Å². The molecular weight excluding hydrogens is 328 g/mol. The molecule has 2 amide bonds. The average Bonchev–Trinajstić information content (AvgIpc) is 2.58. The smallest absolute Gasteiger partial charge is 0.270 e. The zero-order chi connectivity index (χ0) is 18.7. The van der Waals surface area contributed by atoms with Gasteiger partial charge in [-0.2, -0.15) is 0 Å². The lowest BCUT2D eigenvalue weighted by atomic mass is 10.3. The molecule has 1 aromatic carbocycles. The lowest BCUT2D eigenvalue weighted by Gasteiger charge is -2.17. The summed E-state index contributed by atoms with van der Waals surface area (Å²) >= 11 is 0. The summed E-state index contributed by atoms with van der Waals surface area (Å²) in [7, 11) is 0. The van der Waals surface area contributed by atoms with Gasteiger partial charge in [0.1, 0.15) is 6.21 Å². The molecule has 9 nitrogen and oxygen atoms in total. The molecule has 0 unspecified atom stereocenters. The number of hydrogen-bond donors (Lipinski definition) is 1. The largest absolute Gasteiger partial charge is 0.386 e. The van der Waals surface area contributed by atoms with Crippen LogP contribution in [-0.2, 0) is 14.4 Å². The Morgan fingerprint density at radius 3 is 2.36 bits per heavy atom. The van der Waals surface area contributed by atoms with Crippen LogP contribution in [0.25, 0.3) is 0 Å². The quantitative estimate of drug-likeness (QED) is 0.300. The number of non-ortho nitro benzene ring substituents is 1. The number of rotatable bonds is 10. The Balaban J connectivity index is 2.43. The van der Waals surface area contributed by atoms with E-state index in [-0.39, 0.29) is 18.2 Å². The molecule has 0 heterocycles. The summed E-state index contributed by atoms with van der Waals surface area (Å²) in [5.74, 6) is -0.928. The van der Waals surface area contributed by atoms with Crippen LogP contribution < -0.4 is 5.32 Å². The third kappa shape index (κ3) is 7.08. The first-order valence-electron chi connectivity index (χ1n) is 7.18. The Kier molecular flexibility index (Phi) is 8.07. The first-order chi connectivity index (χ1) is 12.0. The molecule has 0 atom stereocenters. The van der Waals surface area contributed by atoms with Gasteiger partial charge < -0.3 is 15.1 Å². The first-order valence-corrected chi connectivity index (χ1v) is 7.18. The molecule has 1 N–H and O–H groups in total. The summed E-state index contributed by atoms with van der Waals surface area (Å²) in [4.78, 5) is 39.7. The average molecular weight is 346 g/mol. The van der Waals surface area contributed by atoms with Gasteiger partial charge in [0.25, 0.3) is 17.5 Å². The zero-order valence-electron chi connectivity index (χ0n) is 13.5. The maximum atomic E-state index is 11.8. The predicted molar refractivity (Wildman–Crippen MR) is 93.1 cm³/mol. The van der Waals surface area contributed by atoms with Crippen molar-refractivity contribution < 1.29 is 19.3 Å². The number of oxime groups is 1. The monoisotopic (exact) mass is 346 g/mol. The lowest BCUT2D eigenvalue weighted by Crippen LogP contribution is -2.33. The molecule has 0 aliphatic heterocycles. The Labute approximate surface area is 144 Å². The minimum absolute atomic E-state index is 0.0860. The lowest BCUT2D eigenvalue weighted by molar-refractivity contribution is -0.384. The number of anilines is 1. The highest BCUT2D eigenvalue weighted by Crippen LogP contribution is 2.14. The first kappa shape index (κ1) is 19.6. The van der Waals surface area contributed by atoms with Crippen LogP contribution in [0.2, 0.25) is 0 Å². The summed E-state index contributed by atoms with van der Waals surface area (Å²) in [6, 6.07) is 5.29. The predicted octanol–water partition coefficient (Wildman–Crippen LogP) is 1.74. The van der Waals surface area contributed by atoms with Gasteiger partial charge in [-0.1, -0.05) is 17.3 Å². The van der Waals surface area contributed by atoms with E-state index in [4.69, 9.17) is 4.84 Å². The number of benzene rings is 1. The van der Waals surface area contributed by atoms with E-state index in [1.54, 1.807) is 12.2 Å². The SMILES string of the molecule is C=CCN(CC=C)C(=O)CO/N=C/C(=O)Nc1ccc([N+](=O)[O-])cc1. The van der Waals surface area contributed by atoms with Gasteiger partial charge in [0.05, 0.1) is 4.92 Å². The number of nitrogens with zero attached hydrogens (tertiary/aromatic N) is 3. The Morgan fingerprint density at radius 1 is 1.24 bits per heavy atom. The summed E-state index contributed by atoms with van der Waals surface area (Å²) in [6.07, 6.45) is 4.00. The van der Waals surface area contributed by atoms with Gasteiger partial charge in [-0.05, 0) is 12.1 Å². The summed E-state index contributed by atoms with van der Waals surface area (Å²) < 4.78 is 0. The van der Waals surface area contributed by atoms with E-state index in [1.165, 1.54) is 29.2 Å². The van der Waals surface area contributed by atoms with Gasteiger partial charge in [-0.15, -0.1) is 13.2 Å². The summed E-state index contributed by atoms with van der Waals surface area (Å²) in [6.45, 7) is 7.46. The van der Waals surface area contributed by atoms with E-state index in [0.29, 0.717) is 18.8 Å². The van der Waals surface area contributed by atoms with Crippen molar-refractivity contribution in [3.05, 3.63) is 59.7 Å². The molecule has 0 saturated heterocycles. The third-order valence-electron chi connectivity index (χ3n) is 2.83. The highest BCUT2D eigenvalue weighted by molar-refractivity contribution is 6.31. The van der Waals surface area contributed by atoms with Gasteiger partial charge in [-0.3, -0.25) is 19.7 Å². The molecule has 132 valence electrons. The molecule has 25 heavy (non-hydrogen) atoms. The normalized spacial score (nSPS) is 10.1. The minimum atomic E-state index is -0.602. The fraction of sp³-hybridized carbons (Fsp3) is 0.188. The molecule has 0 radical (unpaired) electrons. The van der Waals surface area contributed by atoms with Crippen molar-refractivity contribution in [3.63, 3.8) is 0 Å². The van der Waals surface area contributed by atoms with E-state index in [2.05, 4.69) is 23.6 Å². The van der Waals surface area contributed by atoms with E-state index in [1.807, 2.05) is 0 Å². The van der Waals surface area contributed by atoms with Crippen molar-refractivity contribution in [3.8, 4) is 0 Å². The number of hydrogen-bond acceptors (Lipinski definition) is 6. The molecule has 0 aromatic heterocycles. The standard InChI is InChI=1S/C16H18N4O5/c1-3-9-19(10-4-2)16(22)12-25-17-11-15(21)18-13-5-7-14(8-6-13)20(23)24/h3-8,11H,1-2,9-10,12H2,(H,18,21)/b17-11+. The fourth-order valence-electron chi connectivity index (χ4n) is 1.70. The number of nitro benzene ring substituents is 1. The van der Waals surface area contributed by atoms with Crippen molar-refractivity contribution in [1.82, 2.24) is 4.90 Å². The van der Waals surface area contributed by atoms with Gasteiger partial charge in [0.2, 0.25) is 0 Å². The molecule has 0 spiro atoms. The second kappa shape index (κ2) is 10.3. The van der Waals surface area contributed by atoms with Crippen LogP contribution in [-0.4, -0.2) is 47.5 Å². The second-order valence-corrected chi connectivity index (χ2v) is 4.68. The molecule has 1 aromatic rings. The molecule has 0 aliphatic carbocycles. The molecule has 0 bridgehead atoms. The van der Waals surface area contributed by atoms with E-state index < -0.39 is 10.8 Å². The fourth-order valence-corrected chi connectivity index (χ4v) is 1.70.